The fourth-order valence-electron chi connectivity index (χ4n) is 3.34. The highest BCUT2D eigenvalue weighted by molar-refractivity contribution is 9.10. The summed E-state index contributed by atoms with van der Waals surface area (Å²) in [6.07, 6.45) is 3.25. The van der Waals surface area contributed by atoms with Gasteiger partial charge in [0.2, 0.25) is 0 Å². The summed E-state index contributed by atoms with van der Waals surface area (Å²) in [5.41, 5.74) is 2.44. The maximum atomic E-state index is 12.4. The summed E-state index contributed by atoms with van der Waals surface area (Å²) in [4.78, 5) is 25.1. The first-order valence-electron chi connectivity index (χ1n) is 7.61. The maximum absolute atomic E-state index is 12.4. The van der Waals surface area contributed by atoms with E-state index < -0.39 is 11.9 Å². The van der Waals surface area contributed by atoms with Crippen molar-refractivity contribution in [2.45, 2.75) is 31.7 Å². The lowest BCUT2D eigenvalue weighted by atomic mass is 9.98. The smallest absolute Gasteiger partial charge is 0.317 e. The predicted molar refractivity (Wildman–Crippen MR) is 85.7 cm³/mol. The van der Waals surface area contributed by atoms with E-state index in [1.165, 1.54) is 11.1 Å². The number of benzene rings is 1. The number of carbonyl (C=O) groups excluding carboxylic acids is 1. The van der Waals surface area contributed by atoms with Crippen LogP contribution in [0.1, 0.15) is 36.4 Å². The lowest BCUT2D eigenvalue weighted by molar-refractivity contribution is -0.143. The molecule has 2 N–H and O–H groups in total. The lowest BCUT2D eigenvalue weighted by Crippen LogP contribution is -2.47. The zero-order chi connectivity index (χ0) is 15.7. The standard InChI is InChI=1S/C16H19BrN2O3/c17-12-4-5-13-10(8-12)3-6-14(13)18-16(22)19-7-1-2-11(9-19)15(20)21/h4-5,8,11,14H,1-3,6-7,9H2,(H,18,22)(H,20,21). The van der Waals surface area contributed by atoms with E-state index in [2.05, 4.69) is 27.3 Å². The quantitative estimate of drug-likeness (QED) is 0.845. The Hall–Kier alpha value is -1.56. The van der Waals surface area contributed by atoms with E-state index in [0.29, 0.717) is 19.5 Å². The number of aliphatic carboxylic acids is 1. The van der Waals surface area contributed by atoms with Crippen molar-refractivity contribution in [1.82, 2.24) is 10.2 Å². The molecule has 0 bridgehead atoms. The van der Waals surface area contributed by atoms with Gasteiger partial charge in [-0.25, -0.2) is 4.79 Å². The van der Waals surface area contributed by atoms with E-state index in [1.54, 1.807) is 4.90 Å². The topological polar surface area (TPSA) is 69.6 Å². The summed E-state index contributed by atoms with van der Waals surface area (Å²) >= 11 is 3.47. The van der Waals surface area contributed by atoms with Crippen LogP contribution < -0.4 is 5.32 Å². The van der Waals surface area contributed by atoms with Crippen molar-refractivity contribution in [1.29, 1.82) is 0 Å². The summed E-state index contributed by atoms with van der Waals surface area (Å²) in [5, 5.41) is 12.2. The number of carbonyl (C=O) groups is 2. The molecule has 2 unspecified atom stereocenters. The maximum Gasteiger partial charge on any atom is 0.317 e. The molecule has 0 spiro atoms. The summed E-state index contributed by atoms with van der Waals surface area (Å²) in [7, 11) is 0. The van der Waals surface area contributed by atoms with Crippen LogP contribution in [0.3, 0.4) is 0 Å². The Balaban J connectivity index is 1.65. The number of piperidine rings is 1. The van der Waals surface area contributed by atoms with Crippen molar-refractivity contribution in [3.63, 3.8) is 0 Å². The molecule has 0 aromatic heterocycles. The summed E-state index contributed by atoms with van der Waals surface area (Å²) < 4.78 is 1.05. The molecule has 1 saturated heterocycles. The molecule has 1 heterocycles. The van der Waals surface area contributed by atoms with Crippen molar-refractivity contribution in [2.75, 3.05) is 13.1 Å². The van der Waals surface area contributed by atoms with Crippen LogP contribution in [-0.2, 0) is 11.2 Å². The van der Waals surface area contributed by atoms with Gasteiger partial charge in [0.1, 0.15) is 0 Å². The third-order valence-electron chi connectivity index (χ3n) is 4.54. The third-order valence-corrected chi connectivity index (χ3v) is 5.03. The molecular formula is C16H19BrN2O3. The number of aryl methyl sites for hydroxylation is 1. The van der Waals surface area contributed by atoms with Crippen LogP contribution in [0, 0.1) is 5.92 Å². The van der Waals surface area contributed by atoms with Gasteiger partial charge in [0.05, 0.1) is 12.0 Å². The van der Waals surface area contributed by atoms with Crippen molar-refractivity contribution >= 4 is 27.9 Å². The van der Waals surface area contributed by atoms with Crippen molar-refractivity contribution < 1.29 is 14.7 Å². The van der Waals surface area contributed by atoms with Gasteiger partial charge in [0.25, 0.3) is 0 Å². The number of fused-ring (bicyclic) bond motifs is 1. The van der Waals surface area contributed by atoms with Gasteiger partial charge in [-0.3, -0.25) is 4.79 Å². The molecule has 22 heavy (non-hydrogen) atoms. The second kappa shape index (κ2) is 6.28. The molecule has 2 atom stereocenters. The van der Waals surface area contributed by atoms with Gasteiger partial charge in [0.15, 0.2) is 0 Å². The number of nitrogens with one attached hydrogen (secondary N) is 1. The zero-order valence-electron chi connectivity index (χ0n) is 12.2. The highest BCUT2D eigenvalue weighted by Gasteiger charge is 2.30. The SMILES string of the molecule is O=C(O)C1CCCN(C(=O)NC2CCc3cc(Br)ccc32)C1. The summed E-state index contributed by atoms with van der Waals surface area (Å²) in [6, 6.07) is 6.02. The minimum absolute atomic E-state index is 0.0285. The minimum Gasteiger partial charge on any atom is -0.481 e. The molecule has 1 aliphatic carbocycles. The van der Waals surface area contributed by atoms with E-state index in [4.69, 9.17) is 5.11 Å². The molecule has 1 aliphatic heterocycles. The first-order valence-corrected chi connectivity index (χ1v) is 8.40. The molecule has 118 valence electrons. The molecule has 1 fully saturated rings. The fourth-order valence-corrected chi connectivity index (χ4v) is 3.75. The van der Waals surface area contributed by atoms with Crippen molar-refractivity contribution in [3.8, 4) is 0 Å². The van der Waals surface area contributed by atoms with Gasteiger partial charge in [-0.1, -0.05) is 22.0 Å². The Kier molecular flexibility index (Phi) is 4.38. The van der Waals surface area contributed by atoms with E-state index >= 15 is 0 Å². The Labute approximate surface area is 137 Å². The zero-order valence-corrected chi connectivity index (χ0v) is 13.8. The molecule has 2 aliphatic rings. The van der Waals surface area contributed by atoms with Gasteiger partial charge in [0, 0.05) is 17.6 Å². The van der Waals surface area contributed by atoms with Gasteiger partial charge < -0.3 is 15.3 Å². The average Bonchev–Trinajstić information content (AvgIpc) is 2.89. The number of rotatable bonds is 2. The second-order valence-corrected chi connectivity index (χ2v) is 6.92. The number of urea groups is 1. The summed E-state index contributed by atoms with van der Waals surface area (Å²) in [5.74, 6) is -1.25. The first-order chi connectivity index (χ1) is 10.5. The van der Waals surface area contributed by atoms with Crippen LogP contribution in [-0.4, -0.2) is 35.1 Å². The van der Waals surface area contributed by atoms with Gasteiger partial charge >= 0.3 is 12.0 Å². The predicted octanol–water partition coefficient (Wildman–Crippen LogP) is 2.94. The van der Waals surface area contributed by atoms with Crippen molar-refractivity contribution in [3.05, 3.63) is 33.8 Å². The first kappa shape index (κ1) is 15.3. The molecular weight excluding hydrogens is 348 g/mol. The van der Waals surface area contributed by atoms with Crippen LogP contribution in [0.4, 0.5) is 4.79 Å². The van der Waals surface area contributed by atoms with Crippen LogP contribution >= 0.6 is 15.9 Å². The minimum atomic E-state index is -0.812. The number of carboxylic acid groups (broad SMARTS) is 1. The normalized spacial score (nSPS) is 24.0. The number of likely N-dealkylation sites (tertiary alicyclic amines) is 1. The highest BCUT2D eigenvalue weighted by atomic mass is 79.9. The molecule has 5 nitrogen and oxygen atoms in total. The van der Waals surface area contributed by atoms with Crippen LogP contribution in [0.15, 0.2) is 22.7 Å². The monoisotopic (exact) mass is 366 g/mol. The Morgan fingerprint density at radius 2 is 2.14 bits per heavy atom. The average molecular weight is 367 g/mol. The van der Waals surface area contributed by atoms with Gasteiger partial charge in [-0.2, -0.15) is 0 Å². The molecule has 6 heteroatoms. The molecule has 2 amide bonds. The number of nitrogens with zero attached hydrogens (tertiary/aromatic N) is 1. The Bertz CT molecular complexity index is 605. The molecule has 3 rings (SSSR count). The van der Waals surface area contributed by atoms with E-state index in [-0.39, 0.29) is 12.1 Å². The van der Waals surface area contributed by atoms with Crippen LogP contribution in [0.2, 0.25) is 0 Å². The number of hydrogen-bond acceptors (Lipinski definition) is 2. The third kappa shape index (κ3) is 3.11. The molecule has 0 radical (unpaired) electrons. The van der Waals surface area contributed by atoms with Crippen molar-refractivity contribution in [2.24, 2.45) is 5.92 Å². The van der Waals surface area contributed by atoms with Crippen LogP contribution in [0.5, 0.6) is 0 Å². The molecule has 1 aromatic carbocycles. The van der Waals surface area contributed by atoms with E-state index in [1.807, 2.05) is 12.1 Å². The van der Waals surface area contributed by atoms with E-state index in [9.17, 15) is 9.59 Å². The largest absolute Gasteiger partial charge is 0.481 e. The lowest BCUT2D eigenvalue weighted by Gasteiger charge is -2.31. The van der Waals surface area contributed by atoms with Gasteiger partial charge in [-0.15, -0.1) is 0 Å². The van der Waals surface area contributed by atoms with E-state index in [0.717, 1.165) is 23.7 Å². The number of carboxylic acids is 1. The number of amides is 2. The second-order valence-electron chi connectivity index (χ2n) is 6.01. The summed E-state index contributed by atoms with van der Waals surface area (Å²) in [6.45, 7) is 0.941. The number of halogens is 1. The molecule has 0 saturated carbocycles. The Morgan fingerprint density at radius 1 is 1.32 bits per heavy atom. The Morgan fingerprint density at radius 3 is 2.91 bits per heavy atom. The fraction of sp³-hybridized carbons (Fsp3) is 0.500. The van der Waals surface area contributed by atoms with Crippen LogP contribution in [0.25, 0.3) is 0 Å². The number of hydrogen-bond donors (Lipinski definition) is 2. The molecule has 1 aromatic rings. The van der Waals surface area contributed by atoms with Gasteiger partial charge in [-0.05, 0) is 48.9 Å². The highest BCUT2D eigenvalue weighted by Crippen LogP contribution is 2.33.